The van der Waals surface area contributed by atoms with Crippen LogP contribution in [0.3, 0.4) is 0 Å². The monoisotopic (exact) mass is 1160 g/mol. The van der Waals surface area contributed by atoms with Crippen LogP contribution in [-0.4, -0.2) is 165 Å². The first-order valence-electron chi connectivity index (χ1n) is 22.8. The maximum Gasteiger partial charge on any atom is 0.335 e. The number of carbonyl (C=O) groups excluding carboxylic acids is 5. The molecular formula is C47H56Br2N7O18+. The minimum atomic E-state index is -2.01. The van der Waals surface area contributed by atoms with Gasteiger partial charge in [-0.15, -0.1) is 0 Å². The van der Waals surface area contributed by atoms with E-state index in [-0.39, 0.29) is 128 Å². The molecule has 2 aliphatic heterocycles. The number of amides is 5. The van der Waals surface area contributed by atoms with E-state index in [2.05, 4.69) is 47.8 Å². The lowest BCUT2D eigenvalue weighted by Crippen LogP contribution is -2.61. The van der Waals surface area contributed by atoms with Crippen LogP contribution in [0, 0.1) is 11.3 Å². The number of halogens is 2. The standard InChI is InChI=1S/C47H55Br2N7O18/c1-4-72-45-28(23-50)29(51)22-33(54-36(59)21-26-20-27(67-2)6-8-31(26)68-3)56(45)24-25-5-7-32(73-47-41(62)39(60)40(61)42(74-47)46(65)66)30(19-25)53-35(58)9-11-52-34(57)10-13-69-15-17-71-18-16-70-14-12-55-43(63)37(48)38(49)44(55)64/h5-8,19-20,22,39-42,47,60-62H,4,9-18,21,24H2,1-3H3,(H5,51,52,53,54,57,58,59,65,66)/p+1/t39-,40-,41+,42-,47+/m0/s1. The van der Waals surface area contributed by atoms with Gasteiger partial charge in [0.2, 0.25) is 18.1 Å². The number of nitrogens with one attached hydrogen (secondary N) is 3. The lowest BCUT2D eigenvalue weighted by atomic mass is 9.99. The Morgan fingerprint density at radius 1 is 0.824 bits per heavy atom. The number of aliphatic carboxylic acids is 1. The van der Waals surface area contributed by atoms with E-state index in [9.17, 15) is 54.5 Å². The van der Waals surface area contributed by atoms with E-state index < -0.39 is 66.2 Å². The Labute approximate surface area is 440 Å². The Morgan fingerprint density at radius 3 is 2.12 bits per heavy atom. The average Bonchev–Trinajstić information content (AvgIpc) is 3.55. The van der Waals surface area contributed by atoms with Crippen molar-refractivity contribution in [1.82, 2.24) is 10.2 Å². The van der Waals surface area contributed by atoms with Gasteiger partial charge in [-0.3, -0.25) is 24.1 Å². The van der Waals surface area contributed by atoms with Crippen LogP contribution in [0.15, 0.2) is 51.4 Å². The zero-order valence-electron chi connectivity index (χ0n) is 40.3. The van der Waals surface area contributed by atoms with Gasteiger partial charge in [-0.25, -0.2) is 14.9 Å². The third-order valence-electron chi connectivity index (χ3n) is 11.0. The Hall–Kier alpha value is -6.48. The SMILES string of the molecule is CCOc1c(C#N)c(N)cc(NC(=O)Cc2cc(OC)ccc2OC)[n+]1Cc1ccc(O[C@@H]2O[C@H](C(=O)O)[C@@H](O)[C@H](O)[C@H]2O)c(NC(=O)CCNC(=O)CCOCCOCCOCCN2C(=O)C(Br)=C(Br)C2=O)c1. The van der Waals surface area contributed by atoms with E-state index in [0.717, 1.165) is 4.90 Å². The molecule has 74 heavy (non-hydrogen) atoms. The van der Waals surface area contributed by atoms with Gasteiger partial charge in [0.15, 0.2) is 11.7 Å². The van der Waals surface area contributed by atoms with Crippen LogP contribution in [0.2, 0.25) is 0 Å². The molecule has 5 amide bonds. The van der Waals surface area contributed by atoms with Crippen molar-refractivity contribution in [3.63, 3.8) is 0 Å². The van der Waals surface area contributed by atoms with Crippen LogP contribution in [0.25, 0.3) is 0 Å². The maximum atomic E-state index is 13.7. The van der Waals surface area contributed by atoms with Gasteiger partial charge in [0.05, 0.1) is 90.9 Å². The van der Waals surface area contributed by atoms with E-state index in [0.29, 0.717) is 22.6 Å². The minimum absolute atomic E-state index is 0.00710. The van der Waals surface area contributed by atoms with Crippen LogP contribution in [0.1, 0.15) is 36.5 Å². The fraction of sp³-hybridized carbons (Fsp3) is 0.447. The number of nitrogen functional groups attached to an aromatic ring is 1. The van der Waals surface area contributed by atoms with Gasteiger partial charge in [-0.2, -0.15) is 9.83 Å². The highest BCUT2D eigenvalue weighted by molar-refractivity contribution is 9.14. The summed E-state index contributed by atoms with van der Waals surface area (Å²) >= 11 is 6.13. The quantitative estimate of drug-likeness (QED) is 0.0280. The van der Waals surface area contributed by atoms with Crippen molar-refractivity contribution < 1.29 is 91.7 Å². The van der Waals surface area contributed by atoms with Gasteiger partial charge in [0.25, 0.3) is 17.6 Å². The number of nitrogens with zero attached hydrogens (tertiary/aromatic N) is 3. The molecule has 1 aromatic heterocycles. The summed E-state index contributed by atoms with van der Waals surface area (Å²) in [6.45, 7) is 2.51. The number of aliphatic hydroxyl groups is 3. The van der Waals surface area contributed by atoms with E-state index in [1.54, 1.807) is 25.1 Å². The van der Waals surface area contributed by atoms with E-state index >= 15 is 0 Å². The second-order valence-corrected chi connectivity index (χ2v) is 17.6. The van der Waals surface area contributed by atoms with Crippen molar-refractivity contribution in [1.29, 1.82) is 5.26 Å². The van der Waals surface area contributed by atoms with Crippen molar-refractivity contribution in [3.05, 3.63) is 68.1 Å². The summed E-state index contributed by atoms with van der Waals surface area (Å²) in [6, 6.07) is 12.7. The Balaban J connectivity index is 1.22. The number of nitriles is 1. The normalized spacial score (nSPS) is 18.4. The molecule has 1 saturated heterocycles. The minimum Gasteiger partial charge on any atom is -0.497 e. The molecule has 27 heteroatoms. The van der Waals surface area contributed by atoms with Crippen molar-refractivity contribution in [2.75, 3.05) is 89.9 Å². The molecule has 0 spiro atoms. The first-order chi connectivity index (χ1) is 35.4. The number of hydrogen-bond acceptors (Lipinski definition) is 19. The number of ether oxygens (including phenoxy) is 8. The molecule has 3 aromatic rings. The number of hydrogen-bond donors (Lipinski definition) is 8. The largest absolute Gasteiger partial charge is 0.497 e. The van der Waals surface area contributed by atoms with E-state index in [1.165, 1.54) is 43.1 Å². The Kier molecular flexibility index (Phi) is 22.3. The number of anilines is 3. The van der Waals surface area contributed by atoms with Gasteiger partial charge >= 0.3 is 17.8 Å². The Bertz CT molecular complexity index is 2590. The molecule has 2 aliphatic rings. The number of aliphatic hydroxyl groups excluding tert-OH is 3. The molecule has 1 fully saturated rings. The highest BCUT2D eigenvalue weighted by Gasteiger charge is 2.48. The third-order valence-corrected chi connectivity index (χ3v) is 13.0. The zero-order chi connectivity index (χ0) is 54.1. The van der Waals surface area contributed by atoms with Gasteiger partial charge in [-0.1, -0.05) is 6.07 Å². The number of carbonyl (C=O) groups is 6. The van der Waals surface area contributed by atoms with E-state index in [4.69, 9.17) is 43.6 Å². The van der Waals surface area contributed by atoms with Gasteiger partial charge in [-0.05, 0) is 74.7 Å². The van der Waals surface area contributed by atoms with Crippen molar-refractivity contribution >= 4 is 84.6 Å². The number of carboxylic acid groups (broad SMARTS) is 1. The molecule has 5 rings (SSSR count). The van der Waals surface area contributed by atoms with Crippen LogP contribution < -0.4 is 45.2 Å². The predicted octanol–water partition coefficient (Wildman–Crippen LogP) is 0.599. The first-order valence-corrected chi connectivity index (χ1v) is 24.3. The summed E-state index contributed by atoms with van der Waals surface area (Å²) in [5.41, 5.74) is 7.07. The summed E-state index contributed by atoms with van der Waals surface area (Å²) < 4.78 is 46.0. The smallest absolute Gasteiger partial charge is 0.335 e. The van der Waals surface area contributed by atoms with Crippen LogP contribution in [-0.2, 0) is 60.7 Å². The third kappa shape index (κ3) is 15.5. The fourth-order valence-corrected chi connectivity index (χ4v) is 8.00. The number of methoxy groups -OCH3 is 2. The molecule has 25 nitrogen and oxygen atoms in total. The molecule has 5 atom stereocenters. The second kappa shape index (κ2) is 28.3. The van der Waals surface area contributed by atoms with Crippen LogP contribution >= 0.6 is 31.9 Å². The van der Waals surface area contributed by atoms with Crippen molar-refractivity contribution in [3.8, 4) is 29.2 Å². The highest BCUT2D eigenvalue weighted by Crippen LogP contribution is 2.33. The molecule has 0 unspecified atom stereocenters. The van der Waals surface area contributed by atoms with Crippen molar-refractivity contribution in [2.24, 2.45) is 0 Å². The van der Waals surface area contributed by atoms with Gasteiger partial charge in [0, 0.05) is 24.9 Å². The number of carboxylic acids is 1. The molecule has 0 saturated carbocycles. The second-order valence-electron chi connectivity index (χ2n) is 16.0. The summed E-state index contributed by atoms with van der Waals surface area (Å²) in [6.07, 6.45) is -10.3. The summed E-state index contributed by atoms with van der Waals surface area (Å²) in [4.78, 5) is 76.7. The number of nitrogens with two attached hydrogens (primary N) is 1. The first kappa shape index (κ1) is 58.4. The fourth-order valence-electron chi connectivity index (χ4n) is 7.24. The lowest BCUT2D eigenvalue weighted by molar-refractivity contribution is -0.679. The van der Waals surface area contributed by atoms with E-state index in [1.807, 2.05) is 6.07 Å². The number of benzene rings is 2. The summed E-state index contributed by atoms with van der Waals surface area (Å²) in [5, 5.41) is 59.3. The number of aromatic nitrogens is 1. The zero-order valence-corrected chi connectivity index (χ0v) is 43.5. The average molecular weight is 1170 g/mol. The van der Waals surface area contributed by atoms with Crippen LogP contribution in [0.5, 0.6) is 23.1 Å². The molecule has 2 aromatic carbocycles. The lowest BCUT2D eigenvalue weighted by Gasteiger charge is -2.38. The maximum absolute atomic E-state index is 13.7. The predicted molar refractivity (Wildman–Crippen MR) is 264 cm³/mol. The summed E-state index contributed by atoms with van der Waals surface area (Å²) in [5.74, 6) is -3.32. The van der Waals surface area contributed by atoms with Crippen molar-refractivity contribution in [2.45, 2.75) is 63.4 Å². The number of imide groups is 1. The molecular weight excluding hydrogens is 1110 g/mol. The molecule has 3 heterocycles. The van der Waals surface area contributed by atoms with Gasteiger partial charge in [0.1, 0.15) is 57.1 Å². The molecule has 9 N–H and O–H groups in total. The summed E-state index contributed by atoms with van der Waals surface area (Å²) in [7, 11) is 2.94. The molecule has 0 radical (unpaired) electrons. The topological polar surface area (TPSA) is 350 Å². The Morgan fingerprint density at radius 2 is 1.49 bits per heavy atom. The molecule has 400 valence electrons. The van der Waals surface area contributed by atoms with Crippen LogP contribution in [0.4, 0.5) is 17.2 Å². The number of rotatable bonds is 28. The number of pyridine rings is 1. The highest BCUT2D eigenvalue weighted by atomic mass is 79.9. The molecule has 0 bridgehead atoms. The molecule has 0 aliphatic carbocycles. The van der Waals surface area contributed by atoms with Gasteiger partial charge < -0.3 is 74.7 Å².